The molecule has 4 heterocycles. The number of carboxylic acids is 1. The van der Waals surface area contributed by atoms with Gasteiger partial charge in [0.15, 0.2) is 0 Å². The number of aryl methyl sites for hydroxylation is 1. The van der Waals surface area contributed by atoms with Gasteiger partial charge in [0, 0.05) is 50.4 Å². The van der Waals surface area contributed by atoms with Crippen molar-refractivity contribution in [3.05, 3.63) is 47.2 Å². The molecule has 0 aliphatic carbocycles. The van der Waals surface area contributed by atoms with E-state index in [1.165, 1.54) is 11.3 Å². The molecule has 0 bridgehead atoms. The number of fused-ring (bicyclic) bond motifs is 1. The molecule has 8 nitrogen and oxygen atoms in total. The molecule has 2 aromatic rings. The van der Waals surface area contributed by atoms with Crippen LogP contribution in [-0.4, -0.2) is 76.5 Å². The third kappa shape index (κ3) is 6.60. The van der Waals surface area contributed by atoms with Crippen molar-refractivity contribution in [2.75, 3.05) is 44.3 Å². The Kier molecular flexibility index (Phi) is 7.97. The number of hydrogen-bond acceptors (Lipinski definition) is 7. The zero-order chi connectivity index (χ0) is 23.1. The molecule has 0 amide bonds. The lowest BCUT2D eigenvalue weighted by Gasteiger charge is -2.29. The number of rotatable bonds is 3. The summed E-state index contributed by atoms with van der Waals surface area (Å²) in [5.74, 6) is -1.64. The monoisotopic (exact) mass is 453 g/mol. The van der Waals surface area contributed by atoms with Gasteiger partial charge in [0.2, 0.25) is 0 Å². The van der Waals surface area contributed by atoms with E-state index < -0.39 is 12.1 Å². The smallest absolute Gasteiger partial charge is 0.475 e. The zero-order valence-corrected chi connectivity index (χ0v) is 17.8. The van der Waals surface area contributed by atoms with Gasteiger partial charge in [0.25, 0.3) is 0 Å². The van der Waals surface area contributed by atoms with Crippen LogP contribution in [0.3, 0.4) is 0 Å². The summed E-state index contributed by atoms with van der Waals surface area (Å²) in [5.41, 5.74) is 4.75. The van der Waals surface area contributed by atoms with Gasteiger partial charge in [-0.1, -0.05) is 6.07 Å². The number of morpholine rings is 1. The molecule has 0 radical (unpaired) electrons. The molecular formula is C21H26F3N5O3. The first kappa shape index (κ1) is 23.9. The quantitative estimate of drug-likeness (QED) is 0.757. The third-order valence-corrected chi connectivity index (χ3v) is 5.24. The minimum absolute atomic E-state index is 0.782. The highest BCUT2D eigenvalue weighted by molar-refractivity contribution is 5.73. The molecule has 1 N–H and O–H groups in total. The van der Waals surface area contributed by atoms with Crippen molar-refractivity contribution < 1.29 is 27.8 Å². The van der Waals surface area contributed by atoms with E-state index in [1.807, 2.05) is 13.0 Å². The summed E-state index contributed by atoms with van der Waals surface area (Å²) in [5, 5.41) is 7.12. The molecule has 32 heavy (non-hydrogen) atoms. The highest BCUT2D eigenvalue weighted by Crippen LogP contribution is 2.24. The predicted octanol–water partition coefficient (Wildman–Crippen LogP) is 2.25. The maximum atomic E-state index is 10.6. The van der Waals surface area contributed by atoms with E-state index in [2.05, 4.69) is 36.9 Å². The van der Waals surface area contributed by atoms with Gasteiger partial charge in [-0.15, -0.1) is 0 Å². The Labute approximate surface area is 184 Å². The number of ether oxygens (including phenoxy) is 1. The van der Waals surface area contributed by atoms with Crippen LogP contribution in [0.25, 0.3) is 0 Å². The van der Waals surface area contributed by atoms with E-state index in [-0.39, 0.29) is 0 Å². The van der Waals surface area contributed by atoms with Gasteiger partial charge in [-0.25, -0.2) is 14.8 Å². The molecule has 0 unspecified atom stereocenters. The molecule has 4 rings (SSSR count). The van der Waals surface area contributed by atoms with Crippen molar-refractivity contribution in [2.24, 2.45) is 0 Å². The van der Waals surface area contributed by atoms with Crippen LogP contribution in [0.5, 0.6) is 0 Å². The van der Waals surface area contributed by atoms with Crippen LogP contribution in [0.2, 0.25) is 0 Å². The number of hydrogen-bond donors (Lipinski definition) is 1. The van der Waals surface area contributed by atoms with Crippen molar-refractivity contribution in [1.82, 2.24) is 19.9 Å². The van der Waals surface area contributed by atoms with E-state index in [0.29, 0.717) is 0 Å². The molecule has 0 saturated carbocycles. The molecular weight excluding hydrogens is 427 g/mol. The van der Waals surface area contributed by atoms with Crippen LogP contribution >= 0.6 is 0 Å². The minimum Gasteiger partial charge on any atom is -0.475 e. The second kappa shape index (κ2) is 10.7. The van der Waals surface area contributed by atoms with Crippen LogP contribution in [0.15, 0.2) is 24.5 Å². The van der Waals surface area contributed by atoms with E-state index in [9.17, 15) is 13.2 Å². The fraction of sp³-hybridized carbons (Fsp3) is 0.524. The molecule has 1 saturated heterocycles. The largest absolute Gasteiger partial charge is 0.490 e. The lowest BCUT2D eigenvalue weighted by molar-refractivity contribution is -0.192. The number of halogens is 3. The number of aliphatic carboxylic acids is 1. The van der Waals surface area contributed by atoms with E-state index in [4.69, 9.17) is 14.6 Å². The Morgan fingerprint density at radius 1 is 1.12 bits per heavy atom. The van der Waals surface area contributed by atoms with Crippen LogP contribution < -0.4 is 4.90 Å². The first-order chi connectivity index (χ1) is 15.2. The molecule has 0 aromatic carbocycles. The molecule has 11 heteroatoms. The summed E-state index contributed by atoms with van der Waals surface area (Å²) in [7, 11) is 0. The number of carboxylic acid groups (broad SMARTS) is 1. The minimum atomic E-state index is -5.08. The van der Waals surface area contributed by atoms with Gasteiger partial charge >= 0.3 is 12.1 Å². The highest BCUT2D eigenvalue weighted by atomic mass is 19.4. The van der Waals surface area contributed by atoms with Gasteiger partial charge in [0.1, 0.15) is 12.1 Å². The Bertz CT molecular complexity index is 920. The Balaban J connectivity index is 0.000000360. The van der Waals surface area contributed by atoms with Crippen molar-refractivity contribution in [1.29, 1.82) is 0 Å². The molecule has 174 valence electrons. The van der Waals surface area contributed by atoms with Crippen molar-refractivity contribution >= 4 is 11.8 Å². The second-order valence-corrected chi connectivity index (χ2v) is 7.57. The van der Waals surface area contributed by atoms with E-state index in [0.717, 1.165) is 76.0 Å². The van der Waals surface area contributed by atoms with Gasteiger partial charge in [-0.05, 0) is 25.5 Å². The lowest BCUT2D eigenvalue weighted by Crippen LogP contribution is -2.37. The number of alkyl halides is 3. The SMILES string of the molecule is Cc1cccc(CN2CCc3ncnc(N4CCOCC4)c3CC2)n1.O=C(O)C(F)(F)F. The van der Waals surface area contributed by atoms with E-state index in [1.54, 1.807) is 6.33 Å². The Hall–Kier alpha value is -2.79. The van der Waals surface area contributed by atoms with Crippen molar-refractivity contribution in [2.45, 2.75) is 32.5 Å². The van der Waals surface area contributed by atoms with Crippen LogP contribution in [0.1, 0.15) is 22.6 Å². The molecule has 0 spiro atoms. The topological polar surface area (TPSA) is 91.7 Å². The highest BCUT2D eigenvalue weighted by Gasteiger charge is 2.38. The van der Waals surface area contributed by atoms with Gasteiger partial charge in [-0.2, -0.15) is 13.2 Å². The lowest BCUT2D eigenvalue weighted by atomic mass is 10.1. The first-order valence-electron chi connectivity index (χ1n) is 10.3. The van der Waals surface area contributed by atoms with Gasteiger partial charge < -0.3 is 14.7 Å². The molecule has 1 fully saturated rings. The predicted molar refractivity (Wildman–Crippen MR) is 110 cm³/mol. The fourth-order valence-corrected chi connectivity index (χ4v) is 3.68. The second-order valence-electron chi connectivity index (χ2n) is 7.57. The average molecular weight is 453 g/mol. The van der Waals surface area contributed by atoms with Crippen molar-refractivity contribution in [3.63, 3.8) is 0 Å². The number of nitrogens with zero attached hydrogens (tertiary/aromatic N) is 5. The average Bonchev–Trinajstić information content (AvgIpc) is 2.96. The van der Waals surface area contributed by atoms with Crippen LogP contribution in [0.4, 0.5) is 19.0 Å². The maximum Gasteiger partial charge on any atom is 0.490 e. The summed E-state index contributed by atoms with van der Waals surface area (Å²) < 4.78 is 37.2. The normalized spacial score (nSPS) is 17.1. The summed E-state index contributed by atoms with van der Waals surface area (Å²) >= 11 is 0. The maximum absolute atomic E-state index is 10.6. The third-order valence-electron chi connectivity index (χ3n) is 5.24. The van der Waals surface area contributed by atoms with Crippen LogP contribution in [0, 0.1) is 6.92 Å². The van der Waals surface area contributed by atoms with Crippen LogP contribution in [-0.2, 0) is 28.9 Å². The standard InChI is InChI=1S/C19H25N5O.C2HF3O2/c1-15-3-2-4-16(22-15)13-23-7-5-17-18(6-8-23)20-14-21-19(17)24-9-11-25-12-10-24;3-2(4,5)1(6)7/h2-4,14H,5-13H2,1H3;(H,6,7). The van der Waals surface area contributed by atoms with Gasteiger partial charge in [0.05, 0.1) is 24.6 Å². The number of carbonyl (C=O) groups is 1. The summed E-state index contributed by atoms with van der Waals surface area (Å²) in [6.07, 6.45) is -1.39. The Morgan fingerprint density at radius 3 is 2.47 bits per heavy atom. The zero-order valence-electron chi connectivity index (χ0n) is 17.8. The molecule has 2 aliphatic heterocycles. The van der Waals surface area contributed by atoms with E-state index >= 15 is 0 Å². The first-order valence-corrected chi connectivity index (χ1v) is 10.3. The Morgan fingerprint density at radius 2 is 1.81 bits per heavy atom. The summed E-state index contributed by atoms with van der Waals surface area (Å²) in [6, 6.07) is 6.25. The van der Waals surface area contributed by atoms with Gasteiger partial charge in [-0.3, -0.25) is 9.88 Å². The molecule has 2 aromatic heterocycles. The molecule has 2 aliphatic rings. The van der Waals surface area contributed by atoms with Crippen molar-refractivity contribution in [3.8, 4) is 0 Å². The summed E-state index contributed by atoms with van der Waals surface area (Å²) in [6.45, 7) is 8.38. The fourth-order valence-electron chi connectivity index (χ4n) is 3.68. The molecule has 0 atom stereocenters. The number of aromatic nitrogens is 3. The number of anilines is 1. The number of pyridine rings is 1. The summed E-state index contributed by atoms with van der Waals surface area (Å²) in [4.78, 5) is 27.6.